The number of hydrogen-bond donors (Lipinski definition) is 3. The van der Waals surface area contributed by atoms with Gasteiger partial charge in [0.15, 0.2) is 0 Å². The molecule has 168 valence electrons. The van der Waals surface area contributed by atoms with Crippen molar-refractivity contribution < 1.29 is 27.8 Å². The minimum atomic E-state index is -4.36. The van der Waals surface area contributed by atoms with E-state index in [-0.39, 0.29) is 12.6 Å². The summed E-state index contributed by atoms with van der Waals surface area (Å²) in [6, 6.07) is 4.59. The number of aliphatic hydroxyl groups is 1. The van der Waals surface area contributed by atoms with Gasteiger partial charge in [-0.25, -0.2) is 4.79 Å². The quantitative estimate of drug-likeness (QED) is 0.640. The number of rotatable bonds is 6. The van der Waals surface area contributed by atoms with Crippen molar-refractivity contribution in [1.82, 2.24) is 15.5 Å². The molecular formula is C20H29F3N4O3. The van der Waals surface area contributed by atoms with Crippen LogP contribution in [0.3, 0.4) is 0 Å². The van der Waals surface area contributed by atoms with E-state index >= 15 is 0 Å². The van der Waals surface area contributed by atoms with Crippen molar-refractivity contribution in [2.75, 3.05) is 50.8 Å². The van der Waals surface area contributed by atoms with E-state index < -0.39 is 30.0 Å². The zero-order valence-electron chi connectivity index (χ0n) is 17.0. The molecule has 2 fully saturated rings. The van der Waals surface area contributed by atoms with Crippen molar-refractivity contribution in [1.29, 1.82) is 0 Å². The van der Waals surface area contributed by atoms with E-state index in [4.69, 9.17) is 4.74 Å². The standard InChI is InChI=1S/C20H29F3N4O3/c1-2-6-24-19(29)25-16-13-30-17(18(16)28)12-26-7-9-27(10-8-26)15-5-3-4-14(11-15)20(21,22)23/h3-5,11,16-18,28H,2,6-10,12-13H2,1H3,(H2,24,25,29)/t16-,17-,18+/m0/s1. The van der Waals surface area contributed by atoms with Crippen LogP contribution in [0.25, 0.3) is 0 Å². The van der Waals surface area contributed by atoms with Crippen LogP contribution in [0, 0.1) is 0 Å². The number of halogens is 3. The monoisotopic (exact) mass is 430 g/mol. The number of alkyl halides is 3. The van der Waals surface area contributed by atoms with Crippen LogP contribution in [0.1, 0.15) is 18.9 Å². The Hall–Kier alpha value is -2.04. The van der Waals surface area contributed by atoms with Crippen molar-refractivity contribution in [2.24, 2.45) is 0 Å². The summed E-state index contributed by atoms with van der Waals surface area (Å²) < 4.78 is 44.5. The predicted molar refractivity (Wildman–Crippen MR) is 106 cm³/mol. The summed E-state index contributed by atoms with van der Waals surface area (Å²) in [5.41, 5.74) is -0.0876. The molecule has 7 nitrogen and oxygen atoms in total. The lowest BCUT2D eigenvalue weighted by atomic mass is 10.1. The highest BCUT2D eigenvalue weighted by Crippen LogP contribution is 2.32. The second-order valence-corrected chi connectivity index (χ2v) is 7.70. The van der Waals surface area contributed by atoms with Crippen LogP contribution in [0.4, 0.5) is 23.7 Å². The maximum atomic E-state index is 12.9. The molecule has 3 N–H and O–H groups in total. The zero-order chi connectivity index (χ0) is 21.7. The molecule has 3 rings (SSSR count). The molecule has 2 amide bonds. The Morgan fingerprint density at radius 3 is 2.67 bits per heavy atom. The molecule has 0 saturated carbocycles. The number of hydrogen-bond acceptors (Lipinski definition) is 5. The molecular weight excluding hydrogens is 401 g/mol. The van der Waals surface area contributed by atoms with E-state index in [1.54, 1.807) is 6.07 Å². The Morgan fingerprint density at radius 2 is 2.00 bits per heavy atom. The first-order valence-electron chi connectivity index (χ1n) is 10.3. The number of anilines is 1. The van der Waals surface area contributed by atoms with Gasteiger partial charge < -0.3 is 25.4 Å². The molecule has 30 heavy (non-hydrogen) atoms. The van der Waals surface area contributed by atoms with Crippen molar-refractivity contribution in [2.45, 2.75) is 37.8 Å². The van der Waals surface area contributed by atoms with Gasteiger partial charge in [0.25, 0.3) is 0 Å². The third-order valence-corrected chi connectivity index (χ3v) is 5.48. The van der Waals surface area contributed by atoms with Gasteiger partial charge in [-0.05, 0) is 24.6 Å². The highest BCUT2D eigenvalue weighted by molar-refractivity contribution is 5.74. The van der Waals surface area contributed by atoms with Gasteiger partial charge in [-0.1, -0.05) is 13.0 Å². The van der Waals surface area contributed by atoms with Crippen molar-refractivity contribution in [3.63, 3.8) is 0 Å². The van der Waals surface area contributed by atoms with Gasteiger partial charge in [-0.15, -0.1) is 0 Å². The van der Waals surface area contributed by atoms with Crippen LogP contribution < -0.4 is 15.5 Å². The van der Waals surface area contributed by atoms with E-state index in [9.17, 15) is 23.1 Å². The highest BCUT2D eigenvalue weighted by atomic mass is 19.4. The lowest BCUT2D eigenvalue weighted by molar-refractivity contribution is -0.137. The summed E-state index contributed by atoms with van der Waals surface area (Å²) in [6.07, 6.45) is -4.75. The zero-order valence-corrected chi connectivity index (χ0v) is 17.0. The fourth-order valence-corrected chi connectivity index (χ4v) is 3.75. The molecule has 10 heteroatoms. The average molecular weight is 430 g/mol. The Morgan fingerprint density at radius 1 is 1.27 bits per heavy atom. The first-order valence-corrected chi connectivity index (χ1v) is 10.3. The Balaban J connectivity index is 1.47. The maximum absolute atomic E-state index is 12.9. The third kappa shape index (κ3) is 5.77. The van der Waals surface area contributed by atoms with Crippen LogP contribution >= 0.6 is 0 Å². The molecule has 0 spiro atoms. The van der Waals surface area contributed by atoms with Gasteiger partial charge in [0, 0.05) is 45.0 Å². The van der Waals surface area contributed by atoms with Crippen LogP contribution in [0.15, 0.2) is 24.3 Å². The van der Waals surface area contributed by atoms with Gasteiger partial charge in [-0.3, -0.25) is 4.90 Å². The average Bonchev–Trinajstić information content (AvgIpc) is 3.06. The molecule has 2 heterocycles. The second kappa shape index (κ2) is 9.84. The third-order valence-electron chi connectivity index (χ3n) is 5.48. The molecule has 0 aromatic heterocycles. The number of urea groups is 1. The minimum Gasteiger partial charge on any atom is -0.388 e. The van der Waals surface area contributed by atoms with Gasteiger partial charge in [0.2, 0.25) is 0 Å². The number of ether oxygens (including phenoxy) is 1. The summed E-state index contributed by atoms with van der Waals surface area (Å²) in [7, 11) is 0. The van der Waals surface area contributed by atoms with Crippen molar-refractivity contribution in [3.05, 3.63) is 29.8 Å². The number of carbonyl (C=O) groups excluding carboxylic acids is 1. The molecule has 2 aliphatic rings. The Bertz CT molecular complexity index is 711. The number of carbonyl (C=O) groups is 1. The molecule has 0 unspecified atom stereocenters. The molecule has 1 aromatic carbocycles. The van der Waals surface area contributed by atoms with Gasteiger partial charge in [-0.2, -0.15) is 13.2 Å². The summed E-state index contributed by atoms with van der Waals surface area (Å²) in [4.78, 5) is 15.8. The first kappa shape index (κ1) is 22.6. The van der Waals surface area contributed by atoms with E-state index in [0.717, 1.165) is 12.5 Å². The van der Waals surface area contributed by atoms with E-state index in [2.05, 4.69) is 15.5 Å². The number of nitrogens with one attached hydrogen (secondary N) is 2. The number of nitrogens with zero attached hydrogens (tertiary/aromatic N) is 2. The van der Waals surface area contributed by atoms with E-state index in [1.807, 2.05) is 11.8 Å². The molecule has 0 aliphatic carbocycles. The highest BCUT2D eigenvalue weighted by Gasteiger charge is 2.38. The lowest BCUT2D eigenvalue weighted by Gasteiger charge is -2.37. The maximum Gasteiger partial charge on any atom is 0.416 e. The Labute approximate surface area is 174 Å². The number of piperazine rings is 1. The SMILES string of the molecule is CCCNC(=O)N[C@H]1CO[C@@H](CN2CCN(c3cccc(C(F)(F)F)c3)CC2)[C@@H]1O. The van der Waals surface area contributed by atoms with Crippen LogP contribution in [-0.4, -0.2) is 80.2 Å². The number of aliphatic hydroxyl groups excluding tert-OH is 1. The second-order valence-electron chi connectivity index (χ2n) is 7.70. The summed E-state index contributed by atoms with van der Waals surface area (Å²) in [5.74, 6) is 0. The molecule has 2 aliphatic heterocycles. The van der Waals surface area contributed by atoms with Crippen LogP contribution in [0.2, 0.25) is 0 Å². The molecule has 0 bridgehead atoms. The van der Waals surface area contributed by atoms with Crippen LogP contribution in [-0.2, 0) is 10.9 Å². The van der Waals surface area contributed by atoms with Gasteiger partial charge in [0.05, 0.1) is 24.3 Å². The summed E-state index contributed by atoms with van der Waals surface area (Å²) >= 11 is 0. The van der Waals surface area contributed by atoms with Crippen LogP contribution in [0.5, 0.6) is 0 Å². The fourth-order valence-electron chi connectivity index (χ4n) is 3.75. The smallest absolute Gasteiger partial charge is 0.388 e. The predicted octanol–water partition coefficient (Wildman–Crippen LogP) is 1.66. The van der Waals surface area contributed by atoms with Gasteiger partial charge in [0.1, 0.15) is 6.10 Å². The summed E-state index contributed by atoms with van der Waals surface area (Å²) in [5, 5.41) is 15.9. The van der Waals surface area contributed by atoms with E-state index in [1.165, 1.54) is 12.1 Å². The van der Waals surface area contributed by atoms with Crippen molar-refractivity contribution >= 4 is 11.7 Å². The number of benzene rings is 1. The fraction of sp³-hybridized carbons (Fsp3) is 0.650. The summed E-state index contributed by atoms with van der Waals surface area (Å²) in [6.45, 7) is 5.75. The lowest BCUT2D eigenvalue weighted by Crippen LogP contribution is -2.52. The first-order chi connectivity index (χ1) is 14.3. The molecule has 0 radical (unpaired) electrons. The van der Waals surface area contributed by atoms with E-state index in [0.29, 0.717) is 45.0 Å². The molecule has 1 aromatic rings. The largest absolute Gasteiger partial charge is 0.416 e. The Kier molecular flexibility index (Phi) is 7.43. The van der Waals surface area contributed by atoms with Gasteiger partial charge >= 0.3 is 12.2 Å². The number of amides is 2. The normalized spacial score (nSPS) is 25.4. The topological polar surface area (TPSA) is 77.1 Å². The van der Waals surface area contributed by atoms with Crippen molar-refractivity contribution in [3.8, 4) is 0 Å². The molecule has 2 saturated heterocycles. The molecule has 3 atom stereocenters. The minimum absolute atomic E-state index is 0.246.